The first-order chi connectivity index (χ1) is 32.9. The van der Waals surface area contributed by atoms with Gasteiger partial charge in [0, 0.05) is 167 Å². The van der Waals surface area contributed by atoms with E-state index in [0.29, 0.717) is 26.2 Å². The van der Waals surface area contributed by atoms with Gasteiger partial charge in [-0.2, -0.15) is 0 Å². The molecule has 4 aromatic heterocycles. The van der Waals surface area contributed by atoms with Crippen molar-refractivity contribution in [3.63, 3.8) is 0 Å². The predicted octanol–water partition coefficient (Wildman–Crippen LogP) is 3.21. The van der Waals surface area contributed by atoms with E-state index in [0.717, 1.165) is 88.8 Å². The van der Waals surface area contributed by atoms with E-state index in [9.17, 15) is 19.2 Å². The van der Waals surface area contributed by atoms with E-state index in [2.05, 4.69) is 92.8 Å². The van der Waals surface area contributed by atoms with Crippen LogP contribution in [0, 0.1) is 0 Å². The van der Waals surface area contributed by atoms with Crippen LogP contribution < -0.4 is 21.4 Å². The zero-order valence-electron chi connectivity index (χ0n) is 38.3. The number of nitrogens with one attached hydrogen (secondary N) is 4. The Labute approximate surface area is 391 Å². The number of fused-ring (bicyclic) bond motifs is 8. The Hall–Kier alpha value is -8.40. The topological polar surface area (TPSA) is 181 Å². The maximum absolute atomic E-state index is 11.9. The van der Waals surface area contributed by atoms with Crippen LogP contribution in [0.25, 0.3) is 22.3 Å². The molecule has 5 aliphatic heterocycles. The molecule has 0 atom stereocenters. The Balaban J connectivity index is 1.33. The number of aromatic nitrogens is 4. The van der Waals surface area contributed by atoms with Gasteiger partial charge in [0.1, 0.15) is 0 Å². The van der Waals surface area contributed by atoms with E-state index in [1.807, 2.05) is 68.7 Å². The molecule has 4 N–H and O–H groups in total. The van der Waals surface area contributed by atoms with Gasteiger partial charge in [-0.05, 0) is 48.5 Å². The third kappa shape index (κ3) is 10.0. The van der Waals surface area contributed by atoms with Crippen molar-refractivity contribution in [3.8, 4) is 0 Å². The molecular weight excluding hydrogens is 865 g/mol. The molecule has 0 unspecified atom stereocenters. The summed E-state index contributed by atoms with van der Waals surface area (Å²) in [7, 11) is 0. The number of rotatable bonds is 12. The molecule has 0 spiro atoms. The number of carbonyl (C=O) groups excluding carboxylic acids is 4. The molecule has 9 heterocycles. The Bertz CT molecular complexity index is 2780. The van der Waals surface area contributed by atoms with E-state index in [-0.39, 0.29) is 50.8 Å². The van der Waals surface area contributed by atoms with E-state index >= 15 is 0 Å². The van der Waals surface area contributed by atoms with Crippen molar-refractivity contribution in [2.45, 2.75) is 27.7 Å². The summed E-state index contributed by atoms with van der Waals surface area (Å²) < 4.78 is 21.7. The van der Waals surface area contributed by atoms with Crippen LogP contribution in [-0.4, -0.2) is 117 Å². The average Bonchev–Trinajstić information content (AvgIpc) is 4.18. The summed E-state index contributed by atoms with van der Waals surface area (Å²) in [6.07, 6.45) is 24.4. The molecule has 0 amide bonds. The van der Waals surface area contributed by atoms with Crippen molar-refractivity contribution < 1.29 is 38.1 Å². The molecule has 0 fully saturated rings. The number of aromatic amines is 4. The molecule has 8 bridgehead atoms. The molecule has 348 valence electrons. The fourth-order valence-electron chi connectivity index (χ4n) is 8.65. The number of ether oxygens (including phenoxy) is 4. The van der Waals surface area contributed by atoms with Gasteiger partial charge in [0.15, 0.2) is 26.9 Å². The summed E-state index contributed by atoms with van der Waals surface area (Å²) in [6, 6.07) is 16.5. The Morgan fingerprint density at radius 1 is 0.382 bits per heavy atom. The summed E-state index contributed by atoms with van der Waals surface area (Å²) >= 11 is 0. The number of esters is 4. The summed E-state index contributed by atoms with van der Waals surface area (Å²) in [5.41, 5.74) is 10.3. The minimum Gasteiger partial charge on any atom is -0.444 e. The minimum absolute atomic E-state index is 0.0904. The summed E-state index contributed by atoms with van der Waals surface area (Å²) in [6.45, 7) is 8.17. The third-order valence-electron chi connectivity index (χ3n) is 11.6. The van der Waals surface area contributed by atoms with Crippen LogP contribution in [0.2, 0.25) is 0 Å². The SMILES string of the molecule is CC(=O)OCN1C=C(C2=c3ccc([nH]3)=C(C3=CN(COC(C)=O)CC=C3)c3ccc([nH]3)C(C3=CN(COC(C)=O)CC=C3)=c3ccc([nH]3)=C(C3=CN(COC(C)=O)CC=C3)c3ccc2[nH]3)C=CC1. The number of nitrogens with zero attached hydrogens (tertiary/aromatic N) is 4. The molecule has 4 aromatic rings. The van der Waals surface area contributed by atoms with Crippen LogP contribution in [0.1, 0.15) is 50.5 Å². The number of allylic oxidation sites excluding steroid dienone is 8. The lowest BCUT2D eigenvalue weighted by atomic mass is 10.0. The monoisotopic (exact) mass is 916 g/mol. The van der Waals surface area contributed by atoms with E-state index < -0.39 is 0 Å². The second-order valence-electron chi connectivity index (χ2n) is 16.7. The highest BCUT2D eigenvalue weighted by atomic mass is 16.6. The normalized spacial score (nSPS) is 16.6. The Morgan fingerprint density at radius 2 is 0.618 bits per heavy atom. The lowest BCUT2D eigenvalue weighted by molar-refractivity contribution is -0.145. The Morgan fingerprint density at radius 3 is 0.838 bits per heavy atom. The maximum Gasteiger partial charge on any atom is 0.304 e. The lowest BCUT2D eigenvalue weighted by Crippen LogP contribution is -2.27. The number of hydrogen-bond acceptors (Lipinski definition) is 12. The second-order valence-corrected chi connectivity index (χ2v) is 16.7. The third-order valence-corrected chi connectivity index (χ3v) is 11.6. The molecule has 0 saturated heterocycles. The molecule has 0 saturated carbocycles. The van der Waals surface area contributed by atoms with E-state index in [1.165, 1.54) is 27.7 Å². The van der Waals surface area contributed by atoms with Crippen molar-refractivity contribution >= 4 is 46.2 Å². The van der Waals surface area contributed by atoms with Crippen molar-refractivity contribution in [1.29, 1.82) is 0 Å². The zero-order chi connectivity index (χ0) is 47.3. The van der Waals surface area contributed by atoms with Crippen molar-refractivity contribution in [1.82, 2.24) is 39.5 Å². The molecule has 9 rings (SSSR count). The van der Waals surface area contributed by atoms with Crippen LogP contribution in [0.4, 0.5) is 0 Å². The molecule has 16 heteroatoms. The van der Waals surface area contributed by atoms with Gasteiger partial charge in [0.05, 0.1) is 0 Å². The maximum atomic E-state index is 11.9. The highest BCUT2D eigenvalue weighted by molar-refractivity contribution is 5.87. The highest BCUT2D eigenvalue weighted by Crippen LogP contribution is 2.31. The van der Waals surface area contributed by atoms with Crippen molar-refractivity contribution in [2.24, 2.45) is 0 Å². The fraction of sp³-hybridized carbons (Fsp3) is 0.231. The smallest absolute Gasteiger partial charge is 0.304 e. The van der Waals surface area contributed by atoms with Gasteiger partial charge in [-0.1, -0.05) is 48.6 Å². The molecule has 0 radical (unpaired) electrons. The summed E-state index contributed by atoms with van der Waals surface area (Å²) in [5.74, 6) is -1.47. The molecule has 5 aliphatic rings. The van der Waals surface area contributed by atoms with E-state index in [4.69, 9.17) is 18.9 Å². The van der Waals surface area contributed by atoms with Crippen LogP contribution >= 0.6 is 0 Å². The van der Waals surface area contributed by atoms with Gasteiger partial charge in [-0.3, -0.25) is 19.2 Å². The molecule has 68 heavy (non-hydrogen) atoms. The standard InChI is InChI=1S/C52H52N8O8/c1-33(61)65-29-57-21-5-9-37(25-57)49-41-13-15-43(53-41)50(38-10-6-22-58(26-38)30-66-34(2)62)45-17-19-47(55-45)52(40-12-8-24-60(28-40)32-68-36(4)64)48-20-18-46(56-48)51(44-16-14-42(49)54-44)39-11-7-23-59(27-39)31-67-35(3)63/h5-20,25-28,53-56H,21-24,29-32H2,1-4H3. The first-order valence-electron chi connectivity index (χ1n) is 22.3. The average molecular weight is 917 g/mol. The van der Waals surface area contributed by atoms with Gasteiger partial charge >= 0.3 is 23.9 Å². The van der Waals surface area contributed by atoms with Gasteiger partial charge in [0.25, 0.3) is 0 Å². The second kappa shape index (κ2) is 19.6. The van der Waals surface area contributed by atoms with Gasteiger partial charge in [-0.15, -0.1) is 0 Å². The van der Waals surface area contributed by atoms with Gasteiger partial charge in [-0.25, -0.2) is 0 Å². The summed E-state index contributed by atoms with van der Waals surface area (Å²) in [5, 5.41) is 3.27. The van der Waals surface area contributed by atoms with Crippen molar-refractivity contribution in [3.05, 3.63) is 188 Å². The highest BCUT2D eigenvalue weighted by Gasteiger charge is 2.23. The fourth-order valence-corrected chi connectivity index (χ4v) is 8.65. The quantitative estimate of drug-likeness (QED) is 0.121. The predicted molar refractivity (Wildman–Crippen MR) is 254 cm³/mol. The lowest BCUT2D eigenvalue weighted by Gasteiger charge is -2.24. The Kier molecular flexibility index (Phi) is 12.9. The van der Waals surface area contributed by atoms with Gasteiger partial charge in [0.2, 0.25) is 0 Å². The largest absolute Gasteiger partial charge is 0.444 e. The van der Waals surface area contributed by atoms with E-state index in [1.54, 1.807) is 0 Å². The number of hydrogen-bond donors (Lipinski definition) is 4. The number of carbonyl (C=O) groups is 4. The minimum atomic E-state index is -0.367. The molecule has 16 nitrogen and oxygen atoms in total. The zero-order valence-corrected chi connectivity index (χ0v) is 38.3. The first kappa shape index (κ1) is 44.8. The van der Waals surface area contributed by atoms with Crippen molar-refractivity contribution in [2.75, 3.05) is 53.1 Å². The van der Waals surface area contributed by atoms with Gasteiger partial charge < -0.3 is 58.5 Å². The van der Waals surface area contributed by atoms with Crippen LogP contribution in [0.3, 0.4) is 0 Å². The van der Waals surface area contributed by atoms with Crippen LogP contribution in [0.5, 0.6) is 0 Å². The number of H-pyrrole nitrogens is 4. The molecule has 0 aromatic carbocycles. The van der Waals surface area contributed by atoms with Crippen LogP contribution in [0.15, 0.2) is 144 Å². The summed E-state index contributed by atoms with van der Waals surface area (Å²) in [4.78, 5) is 70.5. The molecular formula is C52H52N8O8. The molecule has 0 aliphatic carbocycles. The first-order valence-corrected chi connectivity index (χ1v) is 22.3. The van der Waals surface area contributed by atoms with Crippen LogP contribution in [-0.2, 0) is 38.1 Å².